The first-order valence-electron chi connectivity index (χ1n) is 9.11. The third-order valence-corrected chi connectivity index (χ3v) is 4.22. The number of pyridine rings is 1. The van der Waals surface area contributed by atoms with Gasteiger partial charge in [-0.1, -0.05) is 20.8 Å². The number of hydrogen-bond donors (Lipinski definition) is 1. The highest BCUT2D eigenvalue weighted by molar-refractivity contribution is 5.81. The molecule has 4 heteroatoms. The number of aromatic nitrogens is 1. The standard InChI is InChI=1S/C20H30N2O2/c1-5-10-22(11-6-2)14-18-15(4)21-19-9-8-16(24-12-7-3)13-17(19)20(18)23/h8-9,13H,5-7,10-12,14H2,1-4H3,(H,21,23). The van der Waals surface area contributed by atoms with E-state index in [0.29, 0.717) is 13.2 Å². The van der Waals surface area contributed by atoms with E-state index in [0.717, 1.165) is 60.3 Å². The zero-order valence-electron chi connectivity index (χ0n) is 15.4. The average Bonchev–Trinajstić information content (AvgIpc) is 2.57. The molecule has 0 atom stereocenters. The second kappa shape index (κ2) is 8.88. The molecule has 1 heterocycles. The van der Waals surface area contributed by atoms with Gasteiger partial charge in [-0.05, 0) is 57.5 Å². The van der Waals surface area contributed by atoms with Gasteiger partial charge in [0.25, 0.3) is 0 Å². The maximum Gasteiger partial charge on any atom is 0.194 e. The van der Waals surface area contributed by atoms with Gasteiger partial charge in [0.1, 0.15) is 5.75 Å². The molecule has 0 spiro atoms. The van der Waals surface area contributed by atoms with E-state index in [4.69, 9.17) is 4.74 Å². The predicted molar refractivity (Wildman–Crippen MR) is 101 cm³/mol. The second-order valence-electron chi connectivity index (χ2n) is 6.39. The first-order valence-corrected chi connectivity index (χ1v) is 9.11. The number of nitrogens with zero attached hydrogens (tertiary/aromatic N) is 1. The molecule has 0 bridgehead atoms. The molecule has 132 valence electrons. The molecule has 4 nitrogen and oxygen atoms in total. The van der Waals surface area contributed by atoms with Crippen LogP contribution in [0.5, 0.6) is 5.75 Å². The van der Waals surface area contributed by atoms with Crippen LogP contribution >= 0.6 is 0 Å². The van der Waals surface area contributed by atoms with Gasteiger partial charge in [-0.3, -0.25) is 9.69 Å². The maximum absolute atomic E-state index is 13.0. The van der Waals surface area contributed by atoms with Crippen LogP contribution in [0.15, 0.2) is 23.0 Å². The summed E-state index contributed by atoms with van der Waals surface area (Å²) in [6, 6.07) is 5.73. The van der Waals surface area contributed by atoms with Crippen molar-refractivity contribution in [1.82, 2.24) is 9.88 Å². The molecule has 24 heavy (non-hydrogen) atoms. The van der Waals surface area contributed by atoms with Crippen LogP contribution in [-0.4, -0.2) is 29.6 Å². The molecule has 0 amide bonds. The lowest BCUT2D eigenvalue weighted by atomic mass is 10.1. The van der Waals surface area contributed by atoms with Crippen molar-refractivity contribution < 1.29 is 4.74 Å². The van der Waals surface area contributed by atoms with Crippen molar-refractivity contribution in [3.8, 4) is 5.75 Å². The Morgan fingerprint density at radius 1 is 1.08 bits per heavy atom. The van der Waals surface area contributed by atoms with Gasteiger partial charge in [0.15, 0.2) is 5.43 Å². The van der Waals surface area contributed by atoms with Crippen molar-refractivity contribution in [1.29, 1.82) is 0 Å². The van der Waals surface area contributed by atoms with Crippen LogP contribution in [0.25, 0.3) is 10.9 Å². The third-order valence-electron chi connectivity index (χ3n) is 4.22. The number of nitrogens with one attached hydrogen (secondary N) is 1. The van der Waals surface area contributed by atoms with Crippen LogP contribution < -0.4 is 10.2 Å². The van der Waals surface area contributed by atoms with Crippen molar-refractivity contribution in [2.75, 3.05) is 19.7 Å². The molecule has 0 radical (unpaired) electrons. The van der Waals surface area contributed by atoms with Gasteiger partial charge in [-0.2, -0.15) is 0 Å². The lowest BCUT2D eigenvalue weighted by Gasteiger charge is -2.22. The second-order valence-corrected chi connectivity index (χ2v) is 6.39. The summed E-state index contributed by atoms with van der Waals surface area (Å²) in [7, 11) is 0. The minimum absolute atomic E-state index is 0.125. The summed E-state index contributed by atoms with van der Waals surface area (Å²) < 4.78 is 5.68. The Balaban J connectivity index is 2.40. The lowest BCUT2D eigenvalue weighted by molar-refractivity contribution is 0.265. The largest absolute Gasteiger partial charge is 0.494 e. The summed E-state index contributed by atoms with van der Waals surface area (Å²) in [6.45, 7) is 11.8. The highest BCUT2D eigenvalue weighted by Crippen LogP contribution is 2.19. The molecule has 0 aliphatic rings. The number of fused-ring (bicyclic) bond motifs is 1. The zero-order chi connectivity index (χ0) is 17.5. The summed E-state index contributed by atoms with van der Waals surface area (Å²) in [6.07, 6.45) is 3.15. The summed E-state index contributed by atoms with van der Waals surface area (Å²) in [5.41, 5.74) is 2.84. The smallest absolute Gasteiger partial charge is 0.194 e. The van der Waals surface area contributed by atoms with E-state index >= 15 is 0 Å². The highest BCUT2D eigenvalue weighted by Gasteiger charge is 2.13. The van der Waals surface area contributed by atoms with Gasteiger partial charge in [0.05, 0.1) is 6.61 Å². The molecule has 0 unspecified atom stereocenters. The van der Waals surface area contributed by atoms with Crippen LogP contribution in [0.4, 0.5) is 0 Å². The van der Waals surface area contributed by atoms with Crippen LogP contribution in [0.2, 0.25) is 0 Å². The summed E-state index contributed by atoms with van der Waals surface area (Å²) >= 11 is 0. The SMILES string of the molecule is CCCOc1ccc2[nH]c(C)c(CN(CCC)CCC)c(=O)c2c1. The van der Waals surface area contributed by atoms with Crippen molar-refractivity contribution in [2.45, 2.75) is 53.5 Å². The average molecular weight is 330 g/mol. The Morgan fingerprint density at radius 2 is 1.79 bits per heavy atom. The zero-order valence-corrected chi connectivity index (χ0v) is 15.4. The fraction of sp³-hybridized carbons (Fsp3) is 0.550. The Labute approximate surface area is 144 Å². The number of H-pyrrole nitrogens is 1. The Kier molecular flexibility index (Phi) is 6.85. The predicted octanol–water partition coefficient (Wildman–Crippen LogP) is 4.25. The van der Waals surface area contributed by atoms with E-state index in [1.165, 1.54) is 0 Å². The Morgan fingerprint density at radius 3 is 2.42 bits per heavy atom. The number of rotatable bonds is 9. The molecular weight excluding hydrogens is 300 g/mol. The molecule has 2 rings (SSSR count). The molecule has 1 aromatic heterocycles. The van der Waals surface area contributed by atoms with Gasteiger partial charge >= 0.3 is 0 Å². The molecule has 2 aromatic rings. The number of ether oxygens (including phenoxy) is 1. The van der Waals surface area contributed by atoms with Gasteiger partial charge in [-0.25, -0.2) is 0 Å². The van der Waals surface area contributed by atoms with Gasteiger partial charge in [-0.15, -0.1) is 0 Å². The highest BCUT2D eigenvalue weighted by atomic mass is 16.5. The number of hydrogen-bond acceptors (Lipinski definition) is 3. The summed E-state index contributed by atoms with van der Waals surface area (Å²) in [5, 5.41) is 0.720. The fourth-order valence-corrected chi connectivity index (χ4v) is 3.06. The van der Waals surface area contributed by atoms with Crippen LogP contribution in [0.3, 0.4) is 0 Å². The summed E-state index contributed by atoms with van der Waals surface area (Å²) in [5.74, 6) is 0.767. The molecule has 0 saturated carbocycles. The fourth-order valence-electron chi connectivity index (χ4n) is 3.06. The van der Waals surface area contributed by atoms with Crippen molar-refractivity contribution in [2.24, 2.45) is 0 Å². The van der Waals surface area contributed by atoms with E-state index in [1.54, 1.807) is 0 Å². The normalized spacial score (nSPS) is 11.4. The molecule has 0 aliphatic heterocycles. The van der Waals surface area contributed by atoms with Gasteiger partial charge in [0, 0.05) is 28.7 Å². The minimum Gasteiger partial charge on any atom is -0.494 e. The topological polar surface area (TPSA) is 45.3 Å². The number of aromatic amines is 1. The first-order chi connectivity index (χ1) is 11.6. The van der Waals surface area contributed by atoms with E-state index in [1.807, 2.05) is 25.1 Å². The molecule has 0 fully saturated rings. The van der Waals surface area contributed by atoms with E-state index in [-0.39, 0.29) is 5.43 Å². The van der Waals surface area contributed by atoms with Gasteiger partial charge < -0.3 is 9.72 Å². The van der Waals surface area contributed by atoms with Crippen LogP contribution in [0.1, 0.15) is 51.3 Å². The molecular formula is C20H30N2O2. The lowest BCUT2D eigenvalue weighted by Crippen LogP contribution is -2.29. The first kappa shape index (κ1) is 18.5. The molecule has 1 N–H and O–H groups in total. The molecule has 1 aromatic carbocycles. The van der Waals surface area contributed by atoms with Crippen LogP contribution in [-0.2, 0) is 6.54 Å². The monoisotopic (exact) mass is 330 g/mol. The number of benzene rings is 1. The van der Waals surface area contributed by atoms with E-state index in [9.17, 15) is 4.79 Å². The Hall–Kier alpha value is -1.81. The minimum atomic E-state index is 0.125. The van der Waals surface area contributed by atoms with Crippen molar-refractivity contribution in [3.05, 3.63) is 39.7 Å². The van der Waals surface area contributed by atoms with Crippen molar-refractivity contribution >= 4 is 10.9 Å². The Bertz CT molecular complexity index is 715. The van der Waals surface area contributed by atoms with Gasteiger partial charge in [0.2, 0.25) is 0 Å². The van der Waals surface area contributed by atoms with E-state index in [2.05, 4.69) is 30.7 Å². The third kappa shape index (κ3) is 4.38. The number of aryl methyl sites for hydroxylation is 1. The van der Waals surface area contributed by atoms with E-state index < -0.39 is 0 Å². The molecule has 0 saturated heterocycles. The van der Waals surface area contributed by atoms with Crippen molar-refractivity contribution in [3.63, 3.8) is 0 Å². The van der Waals surface area contributed by atoms with Crippen LogP contribution in [0, 0.1) is 6.92 Å². The summed E-state index contributed by atoms with van der Waals surface area (Å²) in [4.78, 5) is 18.8. The molecule has 0 aliphatic carbocycles. The maximum atomic E-state index is 13.0. The quantitative estimate of drug-likeness (QED) is 0.747.